The van der Waals surface area contributed by atoms with Gasteiger partial charge >= 0.3 is 5.97 Å². The fraction of sp³-hybridized carbons (Fsp3) is 0.476. The Morgan fingerprint density at radius 2 is 1.83 bits per heavy atom. The molecule has 2 aliphatic rings. The molecule has 0 bridgehead atoms. The standard InChI is InChI=1S/C21H29NO2/c1-14(2)17-7-8-18(20-10-15(3)9-19(20)11-17)12-21(23)24-16(4)13-22(5)6/h7-11,14,16H,12-13H2,1-6H3. The molecule has 0 radical (unpaired) electrons. The molecule has 0 aromatic rings. The van der Waals surface area contributed by atoms with Gasteiger partial charge in [0.05, 0.1) is 6.42 Å². The first-order valence-corrected chi connectivity index (χ1v) is 8.63. The molecule has 2 rings (SSSR count). The van der Waals surface area contributed by atoms with Crippen LogP contribution in [0.1, 0.15) is 43.4 Å². The summed E-state index contributed by atoms with van der Waals surface area (Å²) in [4.78, 5) is 14.4. The Labute approximate surface area is 146 Å². The molecule has 0 spiro atoms. The van der Waals surface area contributed by atoms with Gasteiger partial charge in [-0.25, -0.2) is 0 Å². The summed E-state index contributed by atoms with van der Waals surface area (Å²) in [5, 5.41) is 0. The van der Waals surface area contributed by atoms with Crippen LogP contribution in [0, 0.1) is 6.92 Å². The largest absolute Gasteiger partial charge is 0.461 e. The second-order valence-corrected chi connectivity index (χ2v) is 7.30. The number of nitrogens with zero attached hydrogens (tertiary/aromatic N) is 1. The highest BCUT2D eigenvalue weighted by atomic mass is 16.5. The molecule has 2 aliphatic carbocycles. The van der Waals surface area contributed by atoms with Crippen molar-refractivity contribution >= 4 is 5.97 Å². The average Bonchev–Trinajstić information content (AvgIpc) is 2.73. The number of carbonyl (C=O) groups excluding carboxylic acids is 1. The van der Waals surface area contributed by atoms with Crippen molar-refractivity contribution in [3.05, 3.63) is 47.0 Å². The Morgan fingerprint density at radius 1 is 1.12 bits per heavy atom. The van der Waals surface area contributed by atoms with Crippen molar-refractivity contribution in [2.45, 2.75) is 46.1 Å². The SMILES string of the molecule is Cc1cc2cc(C(C)C)ccc(CC(=O)OC(C)CN(C)C)c-2c1. The third kappa shape index (κ3) is 4.81. The van der Waals surface area contributed by atoms with Gasteiger partial charge in [0.2, 0.25) is 0 Å². The van der Waals surface area contributed by atoms with E-state index in [1.54, 1.807) is 0 Å². The molecule has 0 aromatic heterocycles. The quantitative estimate of drug-likeness (QED) is 0.743. The van der Waals surface area contributed by atoms with E-state index in [-0.39, 0.29) is 12.1 Å². The molecule has 0 saturated carbocycles. The van der Waals surface area contributed by atoms with Crippen molar-refractivity contribution in [2.75, 3.05) is 20.6 Å². The summed E-state index contributed by atoms with van der Waals surface area (Å²) in [7, 11) is 3.95. The van der Waals surface area contributed by atoms with E-state index in [4.69, 9.17) is 4.74 Å². The summed E-state index contributed by atoms with van der Waals surface area (Å²) >= 11 is 0. The lowest BCUT2D eigenvalue weighted by molar-refractivity contribution is -0.147. The molecular formula is C21H29NO2. The second-order valence-electron chi connectivity index (χ2n) is 7.30. The van der Waals surface area contributed by atoms with E-state index < -0.39 is 0 Å². The molecule has 0 saturated heterocycles. The predicted octanol–water partition coefficient (Wildman–Crippen LogP) is 4.26. The molecule has 0 fully saturated rings. The molecule has 0 amide bonds. The fourth-order valence-electron chi connectivity index (χ4n) is 3.07. The zero-order chi connectivity index (χ0) is 17.9. The van der Waals surface area contributed by atoms with Gasteiger partial charge in [-0.2, -0.15) is 0 Å². The van der Waals surface area contributed by atoms with Gasteiger partial charge in [-0.15, -0.1) is 0 Å². The number of esters is 1. The van der Waals surface area contributed by atoms with Crippen molar-refractivity contribution in [3.8, 4) is 11.1 Å². The number of fused-ring (bicyclic) bond motifs is 1. The number of rotatable bonds is 6. The van der Waals surface area contributed by atoms with Gasteiger partial charge in [-0.05, 0) is 61.7 Å². The summed E-state index contributed by atoms with van der Waals surface area (Å²) in [6, 6.07) is 10.8. The first kappa shape index (κ1) is 18.5. The van der Waals surface area contributed by atoms with Crippen LogP contribution in [-0.2, 0) is 16.0 Å². The number of aryl methyl sites for hydroxylation is 1. The first-order valence-electron chi connectivity index (χ1n) is 8.63. The third-order valence-corrected chi connectivity index (χ3v) is 4.17. The van der Waals surface area contributed by atoms with Crippen molar-refractivity contribution < 1.29 is 9.53 Å². The van der Waals surface area contributed by atoms with Crippen molar-refractivity contribution in [1.82, 2.24) is 4.90 Å². The van der Waals surface area contributed by atoms with Crippen molar-refractivity contribution in [3.63, 3.8) is 0 Å². The summed E-state index contributed by atoms with van der Waals surface area (Å²) in [6.07, 6.45) is 0.206. The van der Waals surface area contributed by atoms with E-state index in [2.05, 4.69) is 51.1 Å². The van der Waals surface area contributed by atoms with Gasteiger partial charge in [0.15, 0.2) is 0 Å². The maximum Gasteiger partial charge on any atom is 0.310 e. The van der Waals surface area contributed by atoms with E-state index in [9.17, 15) is 4.79 Å². The smallest absolute Gasteiger partial charge is 0.310 e. The van der Waals surface area contributed by atoms with Crippen LogP contribution in [0.2, 0.25) is 0 Å². The average molecular weight is 327 g/mol. The highest BCUT2D eigenvalue weighted by Gasteiger charge is 2.16. The van der Waals surface area contributed by atoms with Crippen LogP contribution < -0.4 is 0 Å². The molecule has 0 aromatic carbocycles. The summed E-state index contributed by atoms with van der Waals surface area (Å²) in [5.41, 5.74) is 5.89. The first-order chi connectivity index (χ1) is 11.3. The van der Waals surface area contributed by atoms with E-state index in [0.29, 0.717) is 12.3 Å². The molecule has 3 heteroatoms. The Kier molecular flexibility index (Phi) is 6.00. The van der Waals surface area contributed by atoms with E-state index in [1.807, 2.05) is 25.9 Å². The van der Waals surface area contributed by atoms with Gasteiger partial charge in [-0.3, -0.25) is 4.79 Å². The molecule has 0 aliphatic heterocycles. The number of carbonyl (C=O) groups is 1. The molecule has 3 nitrogen and oxygen atoms in total. The fourth-order valence-corrected chi connectivity index (χ4v) is 3.07. The number of hydrogen-bond acceptors (Lipinski definition) is 3. The zero-order valence-corrected chi connectivity index (χ0v) is 15.7. The number of likely N-dealkylation sites (N-methyl/N-ethyl adjacent to an activating group) is 1. The number of ether oxygens (including phenoxy) is 1. The maximum atomic E-state index is 12.3. The normalized spacial score (nSPS) is 12.8. The monoisotopic (exact) mass is 327 g/mol. The highest BCUT2D eigenvalue weighted by Crippen LogP contribution is 2.31. The molecule has 1 atom stereocenters. The lowest BCUT2D eigenvalue weighted by Gasteiger charge is -2.17. The van der Waals surface area contributed by atoms with Crippen LogP contribution in [0.5, 0.6) is 0 Å². The van der Waals surface area contributed by atoms with Crippen LogP contribution >= 0.6 is 0 Å². The van der Waals surface area contributed by atoms with Crippen LogP contribution in [0.3, 0.4) is 0 Å². The Hall–Kier alpha value is -1.87. The molecular weight excluding hydrogens is 298 g/mol. The van der Waals surface area contributed by atoms with Crippen molar-refractivity contribution in [2.24, 2.45) is 0 Å². The second kappa shape index (κ2) is 7.80. The molecule has 24 heavy (non-hydrogen) atoms. The minimum atomic E-state index is -0.165. The van der Waals surface area contributed by atoms with Gasteiger partial charge in [0.1, 0.15) is 6.10 Å². The lowest BCUT2D eigenvalue weighted by Crippen LogP contribution is -2.28. The number of hydrogen-bond donors (Lipinski definition) is 0. The molecule has 0 heterocycles. The Balaban J connectivity index is 2.24. The van der Waals surface area contributed by atoms with Gasteiger partial charge in [0.25, 0.3) is 0 Å². The topological polar surface area (TPSA) is 29.5 Å². The Bertz CT molecular complexity index is 676. The zero-order valence-electron chi connectivity index (χ0n) is 15.7. The predicted molar refractivity (Wildman–Crippen MR) is 99.7 cm³/mol. The van der Waals surface area contributed by atoms with Crippen LogP contribution in [-0.4, -0.2) is 37.6 Å². The Morgan fingerprint density at radius 3 is 2.46 bits per heavy atom. The summed E-state index contributed by atoms with van der Waals surface area (Å²) in [5.74, 6) is 0.289. The van der Waals surface area contributed by atoms with Crippen molar-refractivity contribution in [1.29, 1.82) is 0 Å². The molecule has 1 unspecified atom stereocenters. The summed E-state index contributed by atoms with van der Waals surface area (Å²) < 4.78 is 5.55. The lowest BCUT2D eigenvalue weighted by atomic mass is 10.0. The van der Waals surface area contributed by atoms with Crippen LogP contribution in [0.4, 0.5) is 0 Å². The van der Waals surface area contributed by atoms with Crippen LogP contribution in [0.25, 0.3) is 11.1 Å². The molecule has 130 valence electrons. The molecule has 0 N–H and O–H groups in total. The van der Waals surface area contributed by atoms with Crippen LogP contribution in [0.15, 0.2) is 30.3 Å². The van der Waals surface area contributed by atoms with Gasteiger partial charge in [0, 0.05) is 6.54 Å². The third-order valence-electron chi connectivity index (χ3n) is 4.17. The maximum absolute atomic E-state index is 12.3. The van der Waals surface area contributed by atoms with Gasteiger partial charge in [-0.1, -0.05) is 44.2 Å². The summed E-state index contributed by atoms with van der Waals surface area (Å²) in [6.45, 7) is 9.14. The van der Waals surface area contributed by atoms with E-state index in [0.717, 1.165) is 17.7 Å². The van der Waals surface area contributed by atoms with E-state index >= 15 is 0 Å². The van der Waals surface area contributed by atoms with E-state index in [1.165, 1.54) is 16.7 Å². The highest BCUT2D eigenvalue weighted by molar-refractivity contribution is 5.79. The van der Waals surface area contributed by atoms with Gasteiger partial charge < -0.3 is 9.64 Å². The minimum absolute atomic E-state index is 0.104. The minimum Gasteiger partial charge on any atom is -0.461 e.